The minimum absolute atomic E-state index is 0.147. The van der Waals surface area contributed by atoms with Gasteiger partial charge in [0.15, 0.2) is 0 Å². The van der Waals surface area contributed by atoms with Gasteiger partial charge in [-0.05, 0) is 195 Å². The fourth-order valence-corrected chi connectivity index (χ4v) is 8.70. The molecule has 8 nitrogen and oxygen atoms in total. The summed E-state index contributed by atoms with van der Waals surface area (Å²) in [6.45, 7) is 20.2. The van der Waals surface area contributed by atoms with Crippen LogP contribution < -0.4 is 9.47 Å². The number of ether oxygens (including phenoxy) is 2. The first-order valence-corrected chi connectivity index (χ1v) is 22.7. The predicted octanol–water partition coefficient (Wildman–Crippen LogP) is 14.1. The Hall–Kier alpha value is -4.98. The van der Waals surface area contributed by atoms with E-state index in [1.54, 1.807) is 38.1 Å². The lowest BCUT2D eigenvalue weighted by molar-refractivity contribution is -0.133. The number of hydrogen-bond acceptors (Lipinski definition) is 6. The number of aliphatic carboxylic acids is 2. The van der Waals surface area contributed by atoms with E-state index in [4.69, 9.17) is 19.7 Å². The van der Waals surface area contributed by atoms with Crippen molar-refractivity contribution in [3.63, 3.8) is 0 Å². The first-order chi connectivity index (χ1) is 29.2. The number of aryl methyl sites for hydroxylation is 2. The Morgan fingerprint density at radius 1 is 0.548 bits per heavy atom. The van der Waals surface area contributed by atoms with Crippen LogP contribution in [0, 0.1) is 13.8 Å². The zero-order valence-electron chi connectivity index (χ0n) is 39.4. The number of hydrogen-bond donors (Lipinski definition) is 4. The van der Waals surface area contributed by atoms with Gasteiger partial charge in [0.25, 0.3) is 0 Å². The first kappa shape index (κ1) is 49.7. The molecule has 0 unspecified atom stereocenters. The molecular formula is C54H74O8. The van der Waals surface area contributed by atoms with E-state index in [1.165, 1.54) is 22.3 Å². The minimum Gasteiger partial charge on any atom is -0.507 e. The van der Waals surface area contributed by atoms with Gasteiger partial charge in [-0.3, -0.25) is 0 Å². The Morgan fingerprint density at radius 2 is 0.855 bits per heavy atom. The second-order valence-electron chi connectivity index (χ2n) is 18.7. The SMILES string of the molecule is C/C(=C\CC/C(C)=C/CC[C@]1(C)CCc2c(c(C)cc(O)c2-c2c(O)cc(C)c3c2CC[C@@](C)(CC/C=C(\C)CC/C=C(\C)CC/C=C(\C)C(=O)O)O3)O1)CC/C=C(\C)C(=O)O. The quantitative estimate of drug-likeness (QED) is 0.0721. The van der Waals surface area contributed by atoms with Gasteiger partial charge < -0.3 is 29.9 Å². The van der Waals surface area contributed by atoms with Crippen molar-refractivity contribution in [2.24, 2.45) is 0 Å². The normalized spacial score (nSPS) is 20.0. The molecular weight excluding hydrogens is 777 g/mol. The number of aromatic hydroxyl groups is 2. The summed E-state index contributed by atoms with van der Waals surface area (Å²) in [5, 5.41) is 41.3. The fourth-order valence-electron chi connectivity index (χ4n) is 8.70. The topological polar surface area (TPSA) is 134 Å². The van der Waals surface area contributed by atoms with Crippen molar-refractivity contribution in [3.05, 3.63) is 104 Å². The average molecular weight is 851 g/mol. The molecule has 2 aromatic rings. The van der Waals surface area contributed by atoms with E-state index in [-0.39, 0.29) is 22.7 Å². The maximum atomic E-state index is 11.6. The van der Waals surface area contributed by atoms with Crippen molar-refractivity contribution in [1.29, 1.82) is 0 Å². The molecule has 0 fully saturated rings. The third kappa shape index (κ3) is 14.0. The van der Waals surface area contributed by atoms with Crippen molar-refractivity contribution in [3.8, 4) is 34.1 Å². The molecule has 2 aliphatic heterocycles. The number of carbonyl (C=O) groups is 2. The average Bonchev–Trinajstić information content (AvgIpc) is 3.19. The summed E-state index contributed by atoms with van der Waals surface area (Å²) in [7, 11) is 0. The smallest absolute Gasteiger partial charge is 0.330 e. The number of allylic oxidation sites excluding steroid dienone is 10. The van der Waals surface area contributed by atoms with E-state index in [0.29, 0.717) is 22.3 Å². The molecule has 2 aliphatic rings. The molecule has 0 amide bonds. The number of phenols is 2. The molecule has 62 heavy (non-hydrogen) atoms. The Labute approximate surface area is 371 Å². The van der Waals surface area contributed by atoms with Gasteiger partial charge in [0.05, 0.1) is 0 Å². The zero-order valence-corrected chi connectivity index (χ0v) is 39.4. The van der Waals surface area contributed by atoms with Crippen molar-refractivity contribution < 1.29 is 39.5 Å². The highest BCUT2D eigenvalue weighted by atomic mass is 16.5. The van der Waals surface area contributed by atoms with Crippen LogP contribution in [0.25, 0.3) is 11.1 Å². The van der Waals surface area contributed by atoms with Crippen LogP contribution in [-0.2, 0) is 22.4 Å². The van der Waals surface area contributed by atoms with Crippen molar-refractivity contribution >= 4 is 11.9 Å². The highest BCUT2D eigenvalue weighted by Gasteiger charge is 2.38. The van der Waals surface area contributed by atoms with Gasteiger partial charge in [0.2, 0.25) is 0 Å². The van der Waals surface area contributed by atoms with Gasteiger partial charge in [-0.1, -0.05) is 58.7 Å². The highest BCUT2D eigenvalue weighted by Crippen LogP contribution is 2.53. The summed E-state index contributed by atoms with van der Waals surface area (Å²) in [6, 6.07) is 3.55. The second kappa shape index (κ2) is 22.4. The molecule has 0 spiro atoms. The second-order valence-corrected chi connectivity index (χ2v) is 18.7. The number of phenolic OH excluding ortho intramolecular Hbond substituents is 2. The number of benzene rings is 2. The van der Waals surface area contributed by atoms with Crippen LogP contribution >= 0.6 is 0 Å². The maximum Gasteiger partial charge on any atom is 0.330 e. The lowest BCUT2D eigenvalue weighted by Gasteiger charge is -2.39. The molecule has 4 N–H and O–H groups in total. The van der Waals surface area contributed by atoms with E-state index in [0.717, 1.165) is 136 Å². The molecule has 2 heterocycles. The van der Waals surface area contributed by atoms with Crippen LogP contribution in [0.5, 0.6) is 23.0 Å². The zero-order chi connectivity index (χ0) is 45.8. The molecule has 0 radical (unpaired) electrons. The van der Waals surface area contributed by atoms with Gasteiger partial charge in [0, 0.05) is 33.4 Å². The molecule has 0 aromatic heterocycles. The molecule has 8 heteroatoms. The van der Waals surface area contributed by atoms with Crippen molar-refractivity contribution in [2.75, 3.05) is 0 Å². The summed E-state index contributed by atoms with van der Waals surface area (Å²) < 4.78 is 13.7. The van der Waals surface area contributed by atoms with Crippen molar-refractivity contribution in [2.45, 2.75) is 183 Å². The lowest BCUT2D eigenvalue weighted by Crippen LogP contribution is -2.37. The van der Waals surface area contributed by atoms with E-state index in [2.05, 4.69) is 65.8 Å². The molecule has 2 aromatic carbocycles. The third-order valence-corrected chi connectivity index (χ3v) is 12.9. The number of carboxylic acids is 2. The Bertz CT molecular complexity index is 1990. The Morgan fingerprint density at radius 3 is 1.18 bits per heavy atom. The first-order valence-electron chi connectivity index (χ1n) is 22.7. The summed E-state index contributed by atoms with van der Waals surface area (Å²) in [5.74, 6) is 0.170. The van der Waals surface area contributed by atoms with Crippen LogP contribution in [0.2, 0.25) is 0 Å². The van der Waals surface area contributed by atoms with Gasteiger partial charge in [-0.2, -0.15) is 0 Å². The van der Waals surface area contributed by atoms with E-state index in [1.807, 2.05) is 13.8 Å². The number of fused-ring (bicyclic) bond motifs is 2. The Balaban J connectivity index is 1.40. The van der Waals surface area contributed by atoms with Crippen LogP contribution in [0.4, 0.5) is 0 Å². The number of rotatable bonds is 21. The standard InChI is InChI=1S/C54H74O8/c1-35(21-13-25-39(5)51(57)58)17-11-19-37(3)23-15-29-53(9)31-27-43-47(45(55)33-41(7)49(43)61-53)48-44-28-32-54(10,62-50(44)42(8)34-46(48)56)30-16-24-38(4)20-12-18-36(2)22-14-26-40(6)52(59)60/h17-18,23-26,33-34,55-56H,11-16,19-22,27-32H2,1-10H3,(H,57,58)(H,59,60)/b35-17+,36-18+,37-23+,38-24+,39-25+,40-26+/t53-,54-/m1/s1. The van der Waals surface area contributed by atoms with Crippen LogP contribution in [0.3, 0.4) is 0 Å². The minimum atomic E-state index is -0.860. The monoisotopic (exact) mass is 851 g/mol. The van der Waals surface area contributed by atoms with Crippen LogP contribution in [-0.4, -0.2) is 43.6 Å². The number of carboxylic acid groups (broad SMARTS) is 2. The lowest BCUT2D eigenvalue weighted by atomic mass is 9.80. The van der Waals surface area contributed by atoms with Gasteiger partial charge in [-0.15, -0.1) is 0 Å². The largest absolute Gasteiger partial charge is 0.507 e. The predicted molar refractivity (Wildman–Crippen MR) is 253 cm³/mol. The van der Waals surface area contributed by atoms with E-state index in [9.17, 15) is 19.8 Å². The molecule has 0 saturated heterocycles. The molecule has 0 bridgehead atoms. The highest BCUT2D eigenvalue weighted by molar-refractivity contribution is 5.87. The van der Waals surface area contributed by atoms with E-state index >= 15 is 0 Å². The molecule has 338 valence electrons. The fraction of sp³-hybridized carbons (Fsp3) is 0.519. The van der Waals surface area contributed by atoms with Gasteiger partial charge in [-0.25, -0.2) is 9.59 Å². The molecule has 0 aliphatic carbocycles. The van der Waals surface area contributed by atoms with Crippen LogP contribution in [0.15, 0.2) is 82.0 Å². The summed E-state index contributed by atoms with van der Waals surface area (Å²) in [5.41, 5.74) is 10.2. The maximum absolute atomic E-state index is 11.6. The summed E-state index contributed by atoms with van der Waals surface area (Å²) >= 11 is 0. The van der Waals surface area contributed by atoms with Crippen LogP contribution in [0.1, 0.15) is 168 Å². The van der Waals surface area contributed by atoms with E-state index < -0.39 is 11.9 Å². The third-order valence-electron chi connectivity index (χ3n) is 12.9. The van der Waals surface area contributed by atoms with Gasteiger partial charge in [0.1, 0.15) is 34.2 Å². The Kier molecular flexibility index (Phi) is 17.9. The summed E-state index contributed by atoms with van der Waals surface area (Å²) in [4.78, 5) is 22.0. The molecule has 4 rings (SSSR count). The van der Waals surface area contributed by atoms with Crippen molar-refractivity contribution in [1.82, 2.24) is 0 Å². The summed E-state index contributed by atoms with van der Waals surface area (Å²) in [6.07, 6.45) is 26.3. The molecule has 0 saturated carbocycles. The molecule has 2 atom stereocenters. The van der Waals surface area contributed by atoms with Gasteiger partial charge >= 0.3 is 11.9 Å².